The van der Waals surface area contributed by atoms with Crippen LogP contribution in [0.4, 0.5) is 22.7 Å². The molecule has 0 fully saturated rings. The molecular formula is C52H56N4O8. The first-order valence-corrected chi connectivity index (χ1v) is 22.1. The second kappa shape index (κ2) is 17.2. The third-order valence-electron chi connectivity index (χ3n) is 12.7. The first-order valence-electron chi connectivity index (χ1n) is 22.1. The molecule has 12 heteroatoms. The van der Waals surface area contributed by atoms with E-state index in [9.17, 15) is 9.59 Å². The van der Waals surface area contributed by atoms with E-state index in [4.69, 9.17) is 33.4 Å². The van der Waals surface area contributed by atoms with Crippen molar-refractivity contribution in [3.8, 4) is 28.7 Å². The molecule has 0 saturated heterocycles. The number of aliphatic imine (C=N–C) groups is 1. The summed E-state index contributed by atoms with van der Waals surface area (Å²) < 4.78 is 37.5. The van der Waals surface area contributed by atoms with Crippen molar-refractivity contribution < 1.29 is 38.0 Å². The lowest BCUT2D eigenvalue weighted by atomic mass is 10.0. The summed E-state index contributed by atoms with van der Waals surface area (Å²) in [5, 5.41) is 3.52. The Labute approximate surface area is 375 Å². The Morgan fingerprint density at radius 2 is 1.31 bits per heavy atom. The van der Waals surface area contributed by atoms with Crippen LogP contribution in [0, 0.1) is 0 Å². The summed E-state index contributed by atoms with van der Waals surface area (Å²) in [7, 11) is 3.14. The van der Waals surface area contributed by atoms with Gasteiger partial charge in [-0.15, -0.1) is 0 Å². The van der Waals surface area contributed by atoms with Crippen LogP contribution in [0.2, 0.25) is 0 Å². The van der Waals surface area contributed by atoms with Crippen molar-refractivity contribution in [1.82, 2.24) is 0 Å². The number of amides is 2. The third kappa shape index (κ3) is 8.46. The fourth-order valence-electron chi connectivity index (χ4n) is 8.92. The molecule has 0 aliphatic carbocycles. The average molecular weight is 865 g/mol. The van der Waals surface area contributed by atoms with E-state index < -0.39 is 5.60 Å². The molecule has 5 aromatic carbocycles. The first-order chi connectivity index (χ1) is 30.8. The highest BCUT2D eigenvalue weighted by atomic mass is 16.5. The number of anilines is 3. The monoisotopic (exact) mass is 864 g/mol. The SMILES string of the molecule is CCC(C)(C)OCCC(C)(C)Oc1cc(COc2cc3c(cc2OC)C(=O)N2c4ccccc4C[C@H]2C=N3)cc(COc2cc3c(cc2OC)C(=O)N2c4ccccc4C[C@H]2CN3)c1. The molecule has 0 saturated carbocycles. The number of fused-ring (bicyclic) bond motifs is 8. The van der Waals surface area contributed by atoms with E-state index in [-0.39, 0.29) is 42.7 Å². The van der Waals surface area contributed by atoms with Crippen molar-refractivity contribution in [3.05, 3.63) is 124 Å². The lowest BCUT2D eigenvalue weighted by molar-refractivity contribution is -0.0423. The number of ether oxygens (including phenoxy) is 6. The molecular weight excluding hydrogens is 809 g/mol. The summed E-state index contributed by atoms with van der Waals surface area (Å²) in [5.41, 5.74) is 7.19. The van der Waals surface area contributed by atoms with E-state index in [0.29, 0.717) is 77.2 Å². The highest BCUT2D eigenvalue weighted by Gasteiger charge is 2.39. The molecule has 4 heterocycles. The van der Waals surface area contributed by atoms with Gasteiger partial charge in [0.25, 0.3) is 11.8 Å². The Morgan fingerprint density at radius 1 is 0.703 bits per heavy atom. The number of carbonyl (C=O) groups excluding carboxylic acids is 2. The minimum absolute atomic E-state index is 0.00172. The van der Waals surface area contributed by atoms with Crippen LogP contribution < -0.4 is 38.8 Å². The lowest BCUT2D eigenvalue weighted by Crippen LogP contribution is -2.39. The third-order valence-corrected chi connectivity index (χ3v) is 12.7. The number of hydrogen-bond donors (Lipinski definition) is 1. The average Bonchev–Trinajstić information content (AvgIpc) is 3.78. The van der Waals surface area contributed by atoms with Crippen LogP contribution in [0.5, 0.6) is 28.7 Å². The van der Waals surface area contributed by atoms with Crippen molar-refractivity contribution in [1.29, 1.82) is 0 Å². The van der Waals surface area contributed by atoms with Gasteiger partial charge in [-0.3, -0.25) is 19.5 Å². The fourth-order valence-corrected chi connectivity index (χ4v) is 8.92. The second-order valence-corrected chi connectivity index (χ2v) is 18.1. The summed E-state index contributed by atoms with van der Waals surface area (Å²) in [4.78, 5) is 36.6. The van der Waals surface area contributed by atoms with Crippen LogP contribution in [0.1, 0.15) is 90.4 Å². The molecule has 9 rings (SSSR count). The Morgan fingerprint density at radius 3 is 1.98 bits per heavy atom. The molecule has 0 spiro atoms. The van der Waals surface area contributed by atoms with E-state index in [1.54, 1.807) is 32.4 Å². The summed E-state index contributed by atoms with van der Waals surface area (Å²) in [6, 6.07) is 28.9. The van der Waals surface area contributed by atoms with Crippen LogP contribution >= 0.6 is 0 Å². The molecule has 332 valence electrons. The Hall–Kier alpha value is -6.53. The normalized spacial score (nSPS) is 17.2. The van der Waals surface area contributed by atoms with Gasteiger partial charge in [-0.25, -0.2) is 0 Å². The number of rotatable bonds is 15. The van der Waals surface area contributed by atoms with Gasteiger partial charge in [0.1, 0.15) is 24.6 Å². The van der Waals surface area contributed by atoms with Gasteiger partial charge in [0.2, 0.25) is 0 Å². The fraction of sp³-hybridized carbons (Fsp3) is 0.365. The van der Waals surface area contributed by atoms with Gasteiger partial charge in [0, 0.05) is 49.1 Å². The van der Waals surface area contributed by atoms with Crippen LogP contribution in [-0.4, -0.2) is 68.7 Å². The summed E-state index contributed by atoms with van der Waals surface area (Å²) >= 11 is 0. The Bertz CT molecular complexity index is 2640. The molecule has 0 aromatic heterocycles. The quantitative estimate of drug-likeness (QED) is 0.110. The summed E-state index contributed by atoms with van der Waals surface area (Å²) in [5.74, 6) is 2.27. The highest BCUT2D eigenvalue weighted by molar-refractivity contribution is 6.15. The molecule has 4 aliphatic rings. The van der Waals surface area contributed by atoms with Gasteiger partial charge < -0.3 is 38.6 Å². The minimum Gasteiger partial charge on any atom is -0.493 e. The zero-order valence-corrected chi connectivity index (χ0v) is 37.7. The second-order valence-electron chi connectivity index (χ2n) is 18.1. The minimum atomic E-state index is -0.561. The molecule has 0 radical (unpaired) electrons. The maximum Gasteiger partial charge on any atom is 0.261 e. The first kappa shape index (κ1) is 42.8. The van der Waals surface area contributed by atoms with E-state index in [1.807, 2.05) is 76.7 Å². The molecule has 0 bridgehead atoms. The molecule has 12 nitrogen and oxygen atoms in total. The Balaban J connectivity index is 0.974. The molecule has 2 amide bonds. The summed E-state index contributed by atoms with van der Waals surface area (Å²) in [6.45, 7) is 11.9. The highest BCUT2D eigenvalue weighted by Crippen LogP contribution is 2.43. The number of nitrogens with one attached hydrogen (secondary N) is 1. The van der Waals surface area contributed by atoms with Gasteiger partial charge in [-0.2, -0.15) is 0 Å². The topological polar surface area (TPSA) is 120 Å². The number of para-hydroxylation sites is 2. The molecule has 1 N–H and O–H groups in total. The van der Waals surface area contributed by atoms with Gasteiger partial charge in [-0.1, -0.05) is 43.3 Å². The van der Waals surface area contributed by atoms with E-state index in [2.05, 4.69) is 52.1 Å². The van der Waals surface area contributed by atoms with Gasteiger partial charge in [0.15, 0.2) is 23.0 Å². The zero-order chi connectivity index (χ0) is 44.8. The molecule has 0 unspecified atom stereocenters. The number of hydrogen-bond acceptors (Lipinski definition) is 10. The van der Waals surface area contributed by atoms with Crippen molar-refractivity contribution in [2.75, 3.05) is 42.5 Å². The van der Waals surface area contributed by atoms with E-state index in [1.165, 1.54) is 5.56 Å². The van der Waals surface area contributed by atoms with Crippen molar-refractivity contribution in [2.45, 2.75) is 96.8 Å². The summed E-state index contributed by atoms with van der Waals surface area (Å²) in [6.07, 6.45) is 4.91. The number of benzene rings is 5. The maximum absolute atomic E-state index is 14.1. The van der Waals surface area contributed by atoms with Gasteiger partial charge in [0.05, 0.1) is 61.0 Å². The zero-order valence-electron chi connectivity index (χ0n) is 37.7. The Kier molecular flexibility index (Phi) is 11.5. The van der Waals surface area contributed by atoms with Crippen LogP contribution in [-0.2, 0) is 30.8 Å². The standard InChI is InChI=1S/C52H56N4O8/c1-8-51(2,3)63-18-17-52(4,5)64-38-20-32(30-61-47-26-41-39(24-45(47)59-6)49(57)55-36(28-53-41)22-34-13-9-11-15-43(34)55)19-33(21-38)31-62-48-27-42-40(25-46(48)60-7)50(58)56-37(29-54-42)23-35-14-10-12-16-44(35)56/h9-16,19-21,24-28,36-37,54H,8,17-18,22-23,29-31H2,1-7H3/t36-,37-/m0/s1. The molecule has 2 atom stereocenters. The number of nitrogens with zero attached hydrogens (tertiary/aromatic N) is 3. The van der Waals surface area contributed by atoms with Crippen molar-refractivity contribution >= 4 is 40.8 Å². The predicted octanol–water partition coefficient (Wildman–Crippen LogP) is 9.90. The smallest absolute Gasteiger partial charge is 0.261 e. The molecule has 5 aromatic rings. The van der Waals surface area contributed by atoms with Crippen molar-refractivity contribution in [3.63, 3.8) is 0 Å². The predicted molar refractivity (Wildman–Crippen MR) is 249 cm³/mol. The van der Waals surface area contributed by atoms with Gasteiger partial charge >= 0.3 is 0 Å². The van der Waals surface area contributed by atoms with E-state index in [0.717, 1.165) is 40.9 Å². The number of methoxy groups -OCH3 is 2. The van der Waals surface area contributed by atoms with Crippen LogP contribution in [0.15, 0.2) is 96.0 Å². The van der Waals surface area contributed by atoms with E-state index >= 15 is 0 Å². The maximum atomic E-state index is 14.1. The molecule has 4 aliphatic heterocycles. The van der Waals surface area contributed by atoms with Crippen molar-refractivity contribution in [2.24, 2.45) is 4.99 Å². The largest absolute Gasteiger partial charge is 0.493 e. The molecule has 64 heavy (non-hydrogen) atoms. The van der Waals surface area contributed by atoms with Crippen LogP contribution in [0.25, 0.3) is 0 Å². The lowest BCUT2D eigenvalue weighted by Gasteiger charge is -2.30. The van der Waals surface area contributed by atoms with Crippen LogP contribution in [0.3, 0.4) is 0 Å². The number of carbonyl (C=O) groups is 2. The van der Waals surface area contributed by atoms with Gasteiger partial charge in [-0.05, 0) is 105 Å².